The second kappa shape index (κ2) is 5.22. The summed E-state index contributed by atoms with van der Waals surface area (Å²) in [7, 11) is 0. The number of benzene rings is 1. The fraction of sp³-hybridized carbons (Fsp3) is 0.133. The zero-order chi connectivity index (χ0) is 13.9. The van der Waals surface area contributed by atoms with E-state index in [-0.39, 0.29) is 6.61 Å². The molecule has 0 fully saturated rings. The van der Waals surface area contributed by atoms with Crippen LogP contribution in [0.5, 0.6) is 11.6 Å². The van der Waals surface area contributed by atoms with Crippen LogP contribution in [0.4, 0.5) is 0 Å². The summed E-state index contributed by atoms with van der Waals surface area (Å²) in [6.45, 7) is 1.76. The molecule has 3 aromatic rings. The molecule has 5 nitrogen and oxygen atoms in total. The molecule has 0 unspecified atom stereocenters. The monoisotopic (exact) mass is 267 g/mol. The van der Waals surface area contributed by atoms with Gasteiger partial charge >= 0.3 is 0 Å². The number of aliphatic hydroxyl groups is 1. The molecule has 0 aliphatic carbocycles. The van der Waals surface area contributed by atoms with E-state index in [9.17, 15) is 0 Å². The van der Waals surface area contributed by atoms with Gasteiger partial charge in [0.25, 0.3) is 0 Å². The van der Waals surface area contributed by atoms with E-state index < -0.39 is 0 Å². The minimum atomic E-state index is -0.170. The maximum absolute atomic E-state index is 9.07. The normalized spacial score (nSPS) is 10.7. The summed E-state index contributed by atoms with van der Waals surface area (Å²) in [6, 6.07) is 9.67. The van der Waals surface area contributed by atoms with Crippen molar-refractivity contribution in [2.75, 3.05) is 0 Å². The van der Waals surface area contributed by atoms with Gasteiger partial charge < -0.3 is 9.84 Å². The van der Waals surface area contributed by atoms with Gasteiger partial charge in [-0.1, -0.05) is 18.2 Å². The number of ether oxygens (including phenoxy) is 1. The molecule has 0 amide bonds. The first kappa shape index (κ1) is 12.5. The zero-order valence-electron chi connectivity index (χ0n) is 10.9. The third-order valence-corrected chi connectivity index (χ3v) is 2.86. The van der Waals surface area contributed by atoms with E-state index in [0.29, 0.717) is 17.3 Å². The molecular weight excluding hydrogens is 254 g/mol. The number of fused-ring (bicyclic) bond motifs is 1. The van der Waals surface area contributed by atoms with Crippen LogP contribution in [-0.2, 0) is 6.61 Å². The third kappa shape index (κ3) is 2.44. The lowest BCUT2D eigenvalue weighted by atomic mass is 10.2. The standard InChI is InChI=1S/C15H13N3O2/c1-10-5-6-11-3-2-4-13(15(11)17-10)20-14-8-16-7-12(9-19)18-14/h2-8,19H,9H2,1H3. The van der Waals surface area contributed by atoms with Crippen molar-refractivity contribution in [2.24, 2.45) is 0 Å². The quantitative estimate of drug-likeness (QED) is 0.790. The number of aryl methyl sites for hydroxylation is 1. The number of nitrogens with zero attached hydrogens (tertiary/aromatic N) is 3. The Morgan fingerprint density at radius 2 is 2.00 bits per heavy atom. The van der Waals surface area contributed by atoms with Gasteiger partial charge in [0.1, 0.15) is 5.52 Å². The minimum Gasteiger partial charge on any atom is -0.435 e. The molecule has 0 aliphatic rings. The van der Waals surface area contributed by atoms with E-state index in [2.05, 4.69) is 15.0 Å². The van der Waals surface area contributed by atoms with Crippen molar-refractivity contribution in [3.8, 4) is 11.6 Å². The molecule has 100 valence electrons. The molecule has 0 atom stereocenters. The molecular formula is C15H13N3O2. The lowest BCUT2D eigenvalue weighted by Gasteiger charge is -2.08. The Morgan fingerprint density at radius 1 is 1.10 bits per heavy atom. The first-order valence-electron chi connectivity index (χ1n) is 6.22. The molecule has 0 aliphatic heterocycles. The van der Waals surface area contributed by atoms with Crippen molar-refractivity contribution in [3.63, 3.8) is 0 Å². The number of aliphatic hydroxyl groups excluding tert-OH is 1. The van der Waals surface area contributed by atoms with Crippen molar-refractivity contribution in [1.82, 2.24) is 15.0 Å². The first-order chi connectivity index (χ1) is 9.76. The van der Waals surface area contributed by atoms with Crippen molar-refractivity contribution in [1.29, 1.82) is 0 Å². The Kier molecular flexibility index (Phi) is 3.26. The average Bonchev–Trinajstić information content (AvgIpc) is 2.48. The second-order valence-electron chi connectivity index (χ2n) is 4.39. The van der Waals surface area contributed by atoms with Crippen LogP contribution in [0.15, 0.2) is 42.7 Å². The molecule has 1 N–H and O–H groups in total. The number of aromatic nitrogens is 3. The van der Waals surface area contributed by atoms with Crippen LogP contribution in [0, 0.1) is 6.92 Å². The van der Waals surface area contributed by atoms with E-state index in [0.717, 1.165) is 16.6 Å². The molecule has 0 saturated carbocycles. The topological polar surface area (TPSA) is 68.1 Å². The SMILES string of the molecule is Cc1ccc2cccc(Oc3cncc(CO)n3)c2n1. The largest absolute Gasteiger partial charge is 0.435 e. The minimum absolute atomic E-state index is 0.170. The summed E-state index contributed by atoms with van der Waals surface area (Å²) in [5, 5.41) is 10.1. The van der Waals surface area contributed by atoms with Crippen LogP contribution in [0.25, 0.3) is 10.9 Å². The summed E-state index contributed by atoms with van der Waals surface area (Å²) in [4.78, 5) is 12.6. The molecule has 2 aromatic heterocycles. The summed E-state index contributed by atoms with van der Waals surface area (Å²) >= 11 is 0. The van der Waals surface area contributed by atoms with Crippen molar-refractivity contribution >= 4 is 10.9 Å². The summed E-state index contributed by atoms with van der Waals surface area (Å²) in [5.41, 5.74) is 2.17. The number of rotatable bonds is 3. The average molecular weight is 267 g/mol. The fourth-order valence-corrected chi connectivity index (χ4v) is 1.92. The van der Waals surface area contributed by atoms with Crippen LogP contribution in [-0.4, -0.2) is 20.1 Å². The van der Waals surface area contributed by atoms with Gasteiger partial charge in [0.2, 0.25) is 5.88 Å². The molecule has 20 heavy (non-hydrogen) atoms. The Bertz CT molecular complexity index is 759. The van der Waals surface area contributed by atoms with Crippen LogP contribution in [0.3, 0.4) is 0 Å². The third-order valence-electron chi connectivity index (χ3n) is 2.86. The predicted octanol–water partition coefficient (Wildman–Crippen LogP) is 2.62. The molecule has 0 saturated heterocycles. The maximum atomic E-state index is 9.07. The highest BCUT2D eigenvalue weighted by Crippen LogP contribution is 2.27. The molecule has 0 spiro atoms. The smallest absolute Gasteiger partial charge is 0.238 e. The Labute approximate surface area is 115 Å². The summed E-state index contributed by atoms with van der Waals surface area (Å²) in [6.07, 6.45) is 3.01. The molecule has 1 aromatic carbocycles. The second-order valence-corrected chi connectivity index (χ2v) is 4.39. The molecule has 2 heterocycles. The maximum Gasteiger partial charge on any atom is 0.238 e. The van der Waals surface area contributed by atoms with E-state index in [1.54, 1.807) is 0 Å². The van der Waals surface area contributed by atoms with Crippen LogP contribution in [0.2, 0.25) is 0 Å². The number of hydrogen-bond acceptors (Lipinski definition) is 5. The van der Waals surface area contributed by atoms with Gasteiger partial charge in [0, 0.05) is 11.1 Å². The lowest BCUT2D eigenvalue weighted by Crippen LogP contribution is -1.96. The lowest BCUT2D eigenvalue weighted by molar-refractivity contribution is 0.274. The van der Waals surface area contributed by atoms with Gasteiger partial charge in [-0.05, 0) is 19.1 Å². The Hall–Kier alpha value is -2.53. The highest BCUT2D eigenvalue weighted by atomic mass is 16.5. The number of para-hydroxylation sites is 1. The summed E-state index contributed by atoms with van der Waals surface area (Å²) in [5.74, 6) is 0.961. The predicted molar refractivity (Wildman–Crippen MR) is 74.5 cm³/mol. The molecule has 0 radical (unpaired) electrons. The van der Waals surface area contributed by atoms with Gasteiger partial charge in [0.15, 0.2) is 5.75 Å². The zero-order valence-corrected chi connectivity index (χ0v) is 10.9. The van der Waals surface area contributed by atoms with Gasteiger partial charge in [-0.15, -0.1) is 0 Å². The van der Waals surface area contributed by atoms with Gasteiger partial charge in [-0.2, -0.15) is 0 Å². The van der Waals surface area contributed by atoms with Crippen molar-refractivity contribution in [2.45, 2.75) is 13.5 Å². The number of hydrogen-bond donors (Lipinski definition) is 1. The first-order valence-corrected chi connectivity index (χ1v) is 6.22. The highest BCUT2D eigenvalue weighted by molar-refractivity contribution is 5.84. The van der Waals surface area contributed by atoms with Crippen molar-refractivity contribution in [3.05, 3.63) is 54.1 Å². The van der Waals surface area contributed by atoms with E-state index >= 15 is 0 Å². The van der Waals surface area contributed by atoms with Crippen LogP contribution in [0.1, 0.15) is 11.4 Å². The van der Waals surface area contributed by atoms with Crippen LogP contribution >= 0.6 is 0 Å². The highest BCUT2D eigenvalue weighted by Gasteiger charge is 2.07. The van der Waals surface area contributed by atoms with Crippen molar-refractivity contribution < 1.29 is 9.84 Å². The summed E-state index contributed by atoms with van der Waals surface area (Å²) < 4.78 is 5.74. The molecule has 3 rings (SSSR count). The van der Waals surface area contributed by atoms with E-state index in [4.69, 9.17) is 9.84 Å². The molecule has 0 bridgehead atoms. The Balaban J connectivity index is 2.03. The van der Waals surface area contributed by atoms with Crippen LogP contribution < -0.4 is 4.74 Å². The number of pyridine rings is 1. The van der Waals surface area contributed by atoms with Gasteiger partial charge in [-0.3, -0.25) is 4.98 Å². The Morgan fingerprint density at radius 3 is 2.85 bits per heavy atom. The van der Waals surface area contributed by atoms with E-state index in [1.807, 2.05) is 37.3 Å². The fourth-order valence-electron chi connectivity index (χ4n) is 1.92. The van der Waals surface area contributed by atoms with Gasteiger partial charge in [0.05, 0.1) is 24.7 Å². The molecule has 5 heteroatoms. The van der Waals surface area contributed by atoms with Gasteiger partial charge in [-0.25, -0.2) is 9.97 Å². The van der Waals surface area contributed by atoms with E-state index in [1.165, 1.54) is 12.4 Å².